The van der Waals surface area contributed by atoms with Gasteiger partial charge in [-0.25, -0.2) is 0 Å². The molecule has 1 heterocycles. The van der Waals surface area contributed by atoms with Crippen molar-refractivity contribution in [3.63, 3.8) is 0 Å². The quantitative estimate of drug-likeness (QED) is 0.842. The first kappa shape index (κ1) is 15.2. The molecule has 2 N–H and O–H groups in total. The maximum Gasteiger partial charge on any atom is 0.0534 e. The average Bonchev–Trinajstić information content (AvgIpc) is 2.58. The highest BCUT2D eigenvalue weighted by atomic mass is 15.2. The SMILES string of the molecule is CN(CCC(N)CC(C)(C)C)Cc1cnn(C)c1. The van der Waals surface area contributed by atoms with Gasteiger partial charge in [-0.3, -0.25) is 4.68 Å². The summed E-state index contributed by atoms with van der Waals surface area (Å²) in [5, 5.41) is 4.18. The lowest BCUT2D eigenvalue weighted by atomic mass is 9.87. The van der Waals surface area contributed by atoms with E-state index in [2.05, 4.69) is 44.0 Å². The van der Waals surface area contributed by atoms with Gasteiger partial charge in [0.1, 0.15) is 0 Å². The molecule has 4 heteroatoms. The first-order valence-corrected chi connectivity index (χ1v) is 6.68. The molecule has 0 saturated heterocycles. The zero-order valence-corrected chi connectivity index (χ0v) is 12.5. The number of aryl methyl sites for hydroxylation is 1. The summed E-state index contributed by atoms with van der Waals surface area (Å²) < 4.78 is 1.84. The van der Waals surface area contributed by atoms with Crippen LogP contribution in [0.15, 0.2) is 12.4 Å². The molecule has 1 aromatic rings. The fourth-order valence-corrected chi connectivity index (χ4v) is 2.22. The highest BCUT2D eigenvalue weighted by Crippen LogP contribution is 2.21. The lowest BCUT2D eigenvalue weighted by molar-refractivity contribution is 0.278. The minimum atomic E-state index is 0.293. The highest BCUT2D eigenvalue weighted by Gasteiger charge is 2.15. The largest absolute Gasteiger partial charge is 0.328 e. The van der Waals surface area contributed by atoms with E-state index in [1.54, 1.807) is 0 Å². The predicted molar refractivity (Wildman–Crippen MR) is 76.2 cm³/mol. The maximum atomic E-state index is 6.16. The fraction of sp³-hybridized carbons (Fsp3) is 0.786. The third-order valence-electron chi connectivity index (χ3n) is 2.97. The number of hydrogen-bond donors (Lipinski definition) is 1. The third-order valence-corrected chi connectivity index (χ3v) is 2.97. The normalized spacial score (nSPS) is 14.2. The van der Waals surface area contributed by atoms with Gasteiger partial charge in [0.05, 0.1) is 6.20 Å². The Morgan fingerprint density at radius 3 is 2.61 bits per heavy atom. The molecule has 0 aliphatic rings. The second-order valence-electron chi connectivity index (χ2n) is 6.57. The first-order valence-electron chi connectivity index (χ1n) is 6.68. The molecule has 0 bridgehead atoms. The molecule has 0 spiro atoms. The van der Waals surface area contributed by atoms with E-state index in [9.17, 15) is 0 Å². The van der Waals surface area contributed by atoms with Crippen molar-refractivity contribution in [1.29, 1.82) is 0 Å². The molecule has 0 aromatic carbocycles. The third kappa shape index (κ3) is 6.17. The molecule has 0 fully saturated rings. The first-order chi connectivity index (χ1) is 8.26. The van der Waals surface area contributed by atoms with Crippen LogP contribution in [-0.4, -0.2) is 34.3 Å². The predicted octanol–water partition coefficient (Wildman–Crippen LogP) is 2.01. The van der Waals surface area contributed by atoms with Crippen LogP contribution in [0.4, 0.5) is 0 Å². The van der Waals surface area contributed by atoms with Gasteiger partial charge in [-0.1, -0.05) is 20.8 Å². The summed E-state index contributed by atoms with van der Waals surface area (Å²) in [5.41, 5.74) is 7.74. The average molecular weight is 252 g/mol. The van der Waals surface area contributed by atoms with Crippen LogP contribution in [-0.2, 0) is 13.6 Å². The maximum absolute atomic E-state index is 6.16. The number of nitrogens with two attached hydrogens (primary N) is 1. The van der Waals surface area contributed by atoms with Gasteiger partial charge in [-0.15, -0.1) is 0 Å². The van der Waals surface area contributed by atoms with Crippen molar-refractivity contribution in [2.45, 2.75) is 46.2 Å². The van der Waals surface area contributed by atoms with Crippen molar-refractivity contribution in [1.82, 2.24) is 14.7 Å². The van der Waals surface area contributed by atoms with Gasteiger partial charge >= 0.3 is 0 Å². The topological polar surface area (TPSA) is 47.1 Å². The van der Waals surface area contributed by atoms with E-state index in [-0.39, 0.29) is 0 Å². The zero-order valence-electron chi connectivity index (χ0n) is 12.5. The van der Waals surface area contributed by atoms with Crippen LogP contribution in [0.1, 0.15) is 39.2 Å². The Morgan fingerprint density at radius 1 is 1.44 bits per heavy atom. The van der Waals surface area contributed by atoms with Crippen molar-refractivity contribution < 1.29 is 0 Å². The summed E-state index contributed by atoms with van der Waals surface area (Å²) in [5.74, 6) is 0. The van der Waals surface area contributed by atoms with E-state index in [0.717, 1.165) is 25.9 Å². The zero-order chi connectivity index (χ0) is 13.8. The monoisotopic (exact) mass is 252 g/mol. The molecular formula is C14H28N4. The lowest BCUT2D eigenvalue weighted by Gasteiger charge is -2.25. The Bertz CT molecular complexity index is 351. The number of rotatable bonds is 6. The molecule has 0 amide bonds. The Morgan fingerprint density at radius 2 is 2.11 bits per heavy atom. The van der Waals surface area contributed by atoms with Crippen molar-refractivity contribution in [3.8, 4) is 0 Å². The van der Waals surface area contributed by atoms with Crippen molar-refractivity contribution in [2.75, 3.05) is 13.6 Å². The summed E-state index contributed by atoms with van der Waals surface area (Å²) in [4.78, 5) is 2.31. The Balaban J connectivity index is 2.26. The Hall–Kier alpha value is -0.870. The van der Waals surface area contributed by atoms with Crippen LogP contribution in [0.5, 0.6) is 0 Å². The lowest BCUT2D eigenvalue weighted by Crippen LogP contribution is -2.31. The molecule has 0 radical (unpaired) electrons. The summed E-state index contributed by atoms with van der Waals surface area (Å²) in [6, 6.07) is 0.293. The molecule has 1 aromatic heterocycles. The molecule has 0 saturated carbocycles. The molecule has 0 aliphatic carbocycles. The summed E-state index contributed by atoms with van der Waals surface area (Å²) >= 11 is 0. The van der Waals surface area contributed by atoms with E-state index < -0.39 is 0 Å². The smallest absolute Gasteiger partial charge is 0.0534 e. The molecule has 1 rings (SSSR count). The van der Waals surface area contributed by atoms with Gasteiger partial charge in [-0.2, -0.15) is 5.10 Å². The van der Waals surface area contributed by atoms with E-state index >= 15 is 0 Å². The molecule has 18 heavy (non-hydrogen) atoms. The van der Waals surface area contributed by atoms with E-state index in [0.29, 0.717) is 11.5 Å². The minimum Gasteiger partial charge on any atom is -0.328 e. The van der Waals surface area contributed by atoms with E-state index in [1.165, 1.54) is 5.56 Å². The van der Waals surface area contributed by atoms with Gasteiger partial charge in [0.15, 0.2) is 0 Å². The van der Waals surface area contributed by atoms with Gasteiger partial charge < -0.3 is 10.6 Å². The molecule has 1 atom stereocenters. The van der Waals surface area contributed by atoms with Gasteiger partial charge in [0, 0.05) is 31.4 Å². The highest BCUT2D eigenvalue weighted by molar-refractivity contribution is 5.02. The summed E-state index contributed by atoms with van der Waals surface area (Å²) in [6.45, 7) is 8.70. The summed E-state index contributed by atoms with van der Waals surface area (Å²) in [7, 11) is 4.08. The van der Waals surface area contributed by atoms with Crippen molar-refractivity contribution in [3.05, 3.63) is 18.0 Å². The van der Waals surface area contributed by atoms with E-state index in [4.69, 9.17) is 5.73 Å². The van der Waals surface area contributed by atoms with Crippen LogP contribution in [0.2, 0.25) is 0 Å². The van der Waals surface area contributed by atoms with Crippen LogP contribution in [0, 0.1) is 5.41 Å². The standard InChI is InChI=1S/C14H28N4/c1-14(2,3)8-13(15)6-7-17(4)10-12-9-16-18(5)11-12/h9,11,13H,6-8,10,15H2,1-5H3. The number of aromatic nitrogens is 2. The van der Waals surface area contributed by atoms with Gasteiger partial charge in [0.2, 0.25) is 0 Å². The molecule has 0 aliphatic heterocycles. The Labute approximate surface area is 111 Å². The molecule has 1 unspecified atom stereocenters. The molecular weight excluding hydrogens is 224 g/mol. The molecule has 104 valence electrons. The van der Waals surface area contributed by atoms with Crippen molar-refractivity contribution >= 4 is 0 Å². The van der Waals surface area contributed by atoms with E-state index in [1.807, 2.05) is 17.9 Å². The second kappa shape index (κ2) is 6.34. The number of nitrogens with zero attached hydrogens (tertiary/aromatic N) is 3. The van der Waals surface area contributed by atoms with Gasteiger partial charge in [0.25, 0.3) is 0 Å². The Kier molecular flexibility index (Phi) is 5.35. The van der Waals surface area contributed by atoms with Crippen LogP contribution < -0.4 is 5.73 Å². The fourth-order valence-electron chi connectivity index (χ4n) is 2.22. The van der Waals surface area contributed by atoms with Crippen LogP contribution in [0.3, 0.4) is 0 Å². The van der Waals surface area contributed by atoms with Crippen molar-refractivity contribution in [2.24, 2.45) is 18.2 Å². The number of hydrogen-bond acceptors (Lipinski definition) is 3. The second-order valence-corrected chi connectivity index (χ2v) is 6.57. The van der Waals surface area contributed by atoms with Crippen LogP contribution >= 0.6 is 0 Å². The molecule has 4 nitrogen and oxygen atoms in total. The van der Waals surface area contributed by atoms with Gasteiger partial charge in [-0.05, 0) is 31.8 Å². The summed E-state index contributed by atoms with van der Waals surface area (Å²) in [6.07, 6.45) is 6.11. The van der Waals surface area contributed by atoms with Crippen LogP contribution in [0.25, 0.3) is 0 Å². The minimum absolute atomic E-state index is 0.293.